The maximum Gasteiger partial charge on any atom is 0.0979 e. The molecular formula is C18H21NO4S2. The van der Waals surface area contributed by atoms with Crippen LogP contribution in [0.5, 0.6) is 0 Å². The van der Waals surface area contributed by atoms with Gasteiger partial charge in [-0.1, -0.05) is 17.3 Å². The van der Waals surface area contributed by atoms with Crippen molar-refractivity contribution in [3.05, 3.63) is 46.8 Å². The lowest BCUT2D eigenvalue weighted by Crippen LogP contribution is -2.35. The standard InChI is InChI=1S/C18H21NO4S2/c1-13(19-20)14-3-5-16(6-4-14)25(21)17-11-15(12-24-17)18(22-2)7-9-23-10-8-18/h3-6,11-12,20H,7-10H2,1-2H3. The molecule has 0 aliphatic carbocycles. The van der Waals surface area contributed by atoms with Crippen LogP contribution < -0.4 is 0 Å². The minimum Gasteiger partial charge on any atom is -0.411 e. The second-order valence-corrected chi connectivity index (χ2v) is 8.56. The number of hydrogen-bond acceptors (Lipinski definition) is 6. The molecule has 134 valence electrons. The highest BCUT2D eigenvalue weighted by atomic mass is 32.2. The molecule has 1 aliphatic heterocycles. The Kier molecular flexibility index (Phi) is 5.68. The molecule has 3 rings (SSSR count). The molecule has 1 aromatic carbocycles. The van der Waals surface area contributed by atoms with Gasteiger partial charge in [-0.2, -0.15) is 0 Å². The largest absolute Gasteiger partial charge is 0.411 e. The monoisotopic (exact) mass is 379 g/mol. The molecule has 1 atom stereocenters. The predicted octanol–water partition coefficient (Wildman–Crippen LogP) is 3.77. The summed E-state index contributed by atoms with van der Waals surface area (Å²) in [6, 6.07) is 9.22. The van der Waals surface area contributed by atoms with Gasteiger partial charge in [-0.3, -0.25) is 0 Å². The van der Waals surface area contributed by atoms with Crippen molar-refractivity contribution in [3.8, 4) is 0 Å². The Morgan fingerprint density at radius 3 is 2.60 bits per heavy atom. The van der Waals surface area contributed by atoms with Crippen LogP contribution in [0, 0.1) is 0 Å². The molecule has 1 unspecified atom stereocenters. The Balaban J connectivity index is 1.83. The number of nitrogens with zero attached hydrogens (tertiary/aromatic N) is 1. The second-order valence-electron chi connectivity index (χ2n) is 5.94. The number of thiophene rings is 1. The summed E-state index contributed by atoms with van der Waals surface area (Å²) in [4.78, 5) is 0.723. The van der Waals surface area contributed by atoms with Gasteiger partial charge >= 0.3 is 0 Å². The van der Waals surface area contributed by atoms with Gasteiger partial charge in [-0.05, 0) is 41.6 Å². The number of rotatable bonds is 5. The smallest absolute Gasteiger partial charge is 0.0979 e. The van der Waals surface area contributed by atoms with Gasteiger partial charge in [0.1, 0.15) is 0 Å². The van der Waals surface area contributed by atoms with Crippen LogP contribution in [0.2, 0.25) is 0 Å². The van der Waals surface area contributed by atoms with Gasteiger partial charge in [0.15, 0.2) is 0 Å². The summed E-state index contributed by atoms with van der Waals surface area (Å²) in [5.41, 5.74) is 2.06. The molecule has 2 aromatic rings. The van der Waals surface area contributed by atoms with Gasteiger partial charge in [0.2, 0.25) is 0 Å². The van der Waals surface area contributed by atoms with Crippen LogP contribution in [0.4, 0.5) is 0 Å². The number of hydrogen-bond donors (Lipinski definition) is 1. The van der Waals surface area contributed by atoms with Crippen LogP contribution in [0.3, 0.4) is 0 Å². The Morgan fingerprint density at radius 2 is 2.00 bits per heavy atom. The van der Waals surface area contributed by atoms with Crippen molar-refractivity contribution in [2.45, 2.75) is 34.5 Å². The Labute approximate surface area is 153 Å². The predicted molar refractivity (Wildman–Crippen MR) is 98.2 cm³/mol. The van der Waals surface area contributed by atoms with E-state index in [2.05, 4.69) is 5.16 Å². The van der Waals surface area contributed by atoms with E-state index in [1.54, 1.807) is 26.2 Å². The summed E-state index contributed by atoms with van der Waals surface area (Å²) in [5, 5.41) is 14.1. The lowest BCUT2D eigenvalue weighted by atomic mass is 9.88. The highest BCUT2D eigenvalue weighted by Crippen LogP contribution is 2.39. The highest BCUT2D eigenvalue weighted by molar-refractivity contribution is 7.87. The summed E-state index contributed by atoms with van der Waals surface area (Å²) in [7, 11) is 0.481. The topological polar surface area (TPSA) is 68.1 Å². The van der Waals surface area contributed by atoms with Crippen LogP contribution in [0.15, 0.2) is 50.0 Å². The average molecular weight is 380 g/mol. The summed E-state index contributed by atoms with van der Waals surface area (Å²) < 4.78 is 24.9. The van der Waals surface area contributed by atoms with E-state index >= 15 is 0 Å². The quantitative estimate of drug-likeness (QED) is 0.488. The van der Waals surface area contributed by atoms with Crippen molar-refractivity contribution in [3.63, 3.8) is 0 Å². The minimum atomic E-state index is -1.24. The fraction of sp³-hybridized carbons (Fsp3) is 0.389. The van der Waals surface area contributed by atoms with Crippen LogP contribution >= 0.6 is 11.3 Å². The number of benzene rings is 1. The van der Waals surface area contributed by atoms with Crippen molar-refractivity contribution in [1.82, 2.24) is 0 Å². The minimum absolute atomic E-state index is 0.338. The zero-order valence-electron chi connectivity index (χ0n) is 14.2. The van der Waals surface area contributed by atoms with Gasteiger partial charge in [0.25, 0.3) is 0 Å². The number of ether oxygens (including phenoxy) is 2. The summed E-state index contributed by atoms with van der Waals surface area (Å²) in [5.74, 6) is 0. The highest BCUT2D eigenvalue weighted by Gasteiger charge is 2.35. The van der Waals surface area contributed by atoms with E-state index in [0.717, 1.165) is 33.1 Å². The van der Waals surface area contributed by atoms with E-state index in [1.165, 1.54) is 11.3 Å². The first-order valence-electron chi connectivity index (χ1n) is 8.02. The van der Waals surface area contributed by atoms with Crippen LogP contribution in [0.1, 0.15) is 30.9 Å². The molecule has 0 amide bonds. The fourth-order valence-electron chi connectivity index (χ4n) is 2.96. The van der Waals surface area contributed by atoms with Crippen molar-refractivity contribution in [1.29, 1.82) is 0 Å². The first kappa shape index (κ1) is 18.3. The van der Waals surface area contributed by atoms with Gasteiger partial charge in [-0.25, -0.2) is 4.21 Å². The van der Waals surface area contributed by atoms with E-state index in [9.17, 15) is 4.21 Å². The molecule has 1 fully saturated rings. The summed E-state index contributed by atoms with van der Waals surface area (Å²) >= 11 is 1.49. The number of oxime groups is 1. The molecule has 0 radical (unpaired) electrons. The van der Waals surface area contributed by atoms with E-state index < -0.39 is 10.8 Å². The SMILES string of the molecule is COC1(c2csc(S(=O)c3ccc(C(C)=NO)cc3)c2)CCOCC1. The average Bonchev–Trinajstić information content (AvgIpc) is 3.18. The Morgan fingerprint density at radius 1 is 1.32 bits per heavy atom. The molecule has 1 saturated heterocycles. The molecular weight excluding hydrogens is 358 g/mol. The maximum atomic E-state index is 12.9. The van der Waals surface area contributed by atoms with Crippen molar-refractivity contribution in [2.24, 2.45) is 5.16 Å². The Bertz CT molecular complexity index is 777. The van der Waals surface area contributed by atoms with E-state index in [-0.39, 0.29) is 5.60 Å². The third-order valence-corrected chi connectivity index (χ3v) is 7.26. The van der Waals surface area contributed by atoms with Crippen molar-refractivity contribution in [2.75, 3.05) is 20.3 Å². The third kappa shape index (κ3) is 3.69. The van der Waals surface area contributed by atoms with Crippen LogP contribution in [-0.4, -0.2) is 35.5 Å². The van der Waals surface area contributed by atoms with Gasteiger partial charge in [0.05, 0.1) is 26.3 Å². The lowest BCUT2D eigenvalue weighted by molar-refractivity contribution is -0.0946. The Hall–Kier alpha value is -1.54. The summed E-state index contributed by atoms with van der Waals surface area (Å²) in [6.45, 7) is 3.07. The van der Waals surface area contributed by atoms with E-state index in [0.29, 0.717) is 18.9 Å². The first-order valence-corrected chi connectivity index (χ1v) is 10.1. The third-order valence-electron chi connectivity index (χ3n) is 4.61. The van der Waals surface area contributed by atoms with Crippen molar-refractivity contribution >= 4 is 27.8 Å². The zero-order chi connectivity index (χ0) is 17.9. The van der Waals surface area contributed by atoms with Crippen LogP contribution in [0.25, 0.3) is 0 Å². The molecule has 0 saturated carbocycles. The summed E-state index contributed by atoms with van der Waals surface area (Å²) in [6.07, 6.45) is 1.61. The molecule has 1 N–H and O–H groups in total. The molecule has 0 spiro atoms. The molecule has 7 heteroatoms. The van der Waals surface area contributed by atoms with E-state index in [4.69, 9.17) is 14.7 Å². The van der Waals surface area contributed by atoms with Gasteiger partial charge in [0, 0.05) is 38.1 Å². The second kappa shape index (κ2) is 7.78. The number of methoxy groups -OCH3 is 1. The van der Waals surface area contributed by atoms with Crippen LogP contribution in [-0.2, 0) is 25.9 Å². The van der Waals surface area contributed by atoms with Gasteiger partial charge in [-0.15, -0.1) is 11.3 Å². The fourth-order valence-corrected chi connectivity index (χ4v) is 5.31. The maximum absolute atomic E-state index is 12.9. The molecule has 1 aliphatic rings. The molecule has 5 nitrogen and oxygen atoms in total. The van der Waals surface area contributed by atoms with Crippen molar-refractivity contribution < 1.29 is 18.9 Å². The lowest BCUT2D eigenvalue weighted by Gasteiger charge is -2.35. The molecule has 0 bridgehead atoms. The van der Waals surface area contributed by atoms with Gasteiger partial charge < -0.3 is 14.7 Å². The molecule has 25 heavy (non-hydrogen) atoms. The molecule has 2 heterocycles. The first-order chi connectivity index (χ1) is 12.1. The molecule has 1 aromatic heterocycles. The normalized spacial score (nSPS) is 18.9. The van der Waals surface area contributed by atoms with E-state index in [1.807, 2.05) is 23.6 Å². The zero-order valence-corrected chi connectivity index (χ0v) is 15.9.